The van der Waals surface area contributed by atoms with Crippen molar-refractivity contribution in [2.45, 2.75) is 24.6 Å². The molecule has 21 heavy (non-hydrogen) atoms. The fourth-order valence-electron chi connectivity index (χ4n) is 2.23. The lowest BCUT2D eigenvalue weighted by Crippen LogP contribution is -2.36. The number of nitrogens with zero attached hydrogens (tertiary/aromatic N) is 1. The van der Waals surface area contributed by atoms with E-state index in [-0.39, 0.29) is 18.4 Å². The van der Waals surface area contributed by atoms with Crippen molar-refractivity contribution in [2.24, 2.45) is 5.92 Å². The first-order chi connectivity index (χ1) is 9.72. The lowest BCUT2D eigenvalue weighted by atomic mass is 10.1. The topological polar surface area (TPSA) is 49.4 Å². The number of amides is 2. The average molecular weight is 329 g/mol. The molecule has 0 saturated heterocycles. The molecule has 0 heterocycles. The lowest BCUT2D eigenvalue weighted by Gasteiger charge is -2.18. The molecule has 0 spiro atoms. The summed E-state index contributed by atoms with van der Waals surface area (Å²) in [6, 6.07) is 5.79. The number of hydrogen-bond donors (Lipinski definition) is 1. The molecule has 1 aromatic carbocycles. The number of aryl methyl sites for hydroxylation is 2. The van der Waals surface area contributed by atoms with E-state index in [1.54, 1.807) is 7.05 Å². The monoisotopic (exact) mass is 328 g/mol. The second-order valence-corrected chi connectivity index (χ2v) is 7.07. The van der Waals surface area contributed by atoms with Gasteiger partial charge in [0.05, 0.1) is 12.5 Å². The Morgan fingerprint density at radius 2 is 1.86 bits per heavy atom. The van der Waals surface area contributed by atoms with Crippen LogP contribution in [0.15, 0.2) is 18.2 Å². The summed E-state index contributed by atoms with van der Waals surface area (Å²) in [6.07, 6.45) is 0.442. The van der Waals surface area contributed by atoms with Crippen LogP contribution < -0.4 is 5.32 Å². The van der Waals surface area contributed by atoms with E-state index in [1.807, 2.05) is 32.0 Å². The van der Waals surface area contributed by atoms with Crippen LogP contribution in [0, 0.1) is 19.8 Å². The van der Waals surface area contributed by atoms with Crippen molar-refractivity contribution in [1.29, 1.82) is 0 Å². The van der Waals surface area contributed by atoms with Gasteiger partial charge in [0, 0.05) is 12.7 Å². The predicted octanol–water partition coefficient (Wildman–Crippen LogP) is 2.89. The third kappa shape index (κ3) is 3.69. The SMILES string of the molecule is Cc1cccc(C)c1NC(=O)CN(C)C(=O)C1CC1(Cl)Cl. The van der Waals surface area contributed by atoms with E-state index >= 15 is 0 Å². The summed E-state index contributed by atoms with van der Waals surface area (Å²) >= 11 is 11.7. The molecule has 0 radical (unpaired) electrons. The highest BCUT2D eigenvalue weighted by molar-refractivity contribution is 6.52. The summed E-state index contributed by atoms with van der Waals surface area (Å²) in [6.45, 7) is 3.83. The van der Waals surface area contributed by atoms with Crippen LogP contribution in [0.25, 0.3) is 0 Å². The third-order valence-corrected chi connectivity index (χ3v) is 4.46. The Hall–Kier alpha value is -1.26. The molecule has 114 valence electrons. The smallest absolute Gasteiger partial charge is 0.243 e. The number of alkyl halides is 2. The predicted molar refractivity (Wildman–Crippen MR) is 84.7 cm³/mol. The van der Waals surface area contributed by atoms with Gasteiger partial charge in [0.2, 0.25) is 11.8 Å². The van der Waals surface area contributed by atoms with Crippen LogP contribution in [0.2, 0.25) is 0 Å². The average Bonchev–Trinajstić information content (AvgIpc) is 3.02. The third-order valence-electron chi connectivity index (χ3n) is 3.63. The Morgan fingerprint density at radius 3 is 2.33 bits per heavy atom. The molecule has 1 fully saturated rings. The number of rotatable bonds is 4. The Balaban J connectivity index is 1.94. The van der Waals surface area contributed by atoms with Crippen LogP contribution in [0.1, 0.15) is 17.5 Å². The maximum absolute atomic E-state index is 12.1. The van der Waals surface area contributed by atoms with Gasteiger partial charge >= 0.3 is 0 Å². The summed E-state index contributed by atoms with van der Waals surface area (Å²) < 4.78 is -0.964. The quantitative estimate of drug-likeness (QED) is 0.864. The Kier molecular flexibility index (Phi) is 4.49. The van der Waals surface area contributed by atoms with Gasteiger partial charge in [-0.05, 0) is 31.4 Å². The molecule has 4 nitrogen and oxygen atoms in total. The summed E-state index contributed by atoms with van der Waals surface area (Å²) in [5.41, 5.74) is 2.76. The maximum Gasteiger partial charge on any atom is 0.243 e. The molecule has 1 unspecified atom stereocenters. The van der Waals surface area contributed by atoms with Crippen molar-refractivity contribution in [1.82, 2.24) is 4.90 Å². The molecule has 1 aliphatic carbocycles. The van der Waals surface area contributed by atoms with Gasteiger partial charge in [0.1, 0.15) is 4.33 Å². The minimum Gasteiger partial charge on any atom is -0.336 e. The number of carbonyl (C=O) groups excluding carboxylic acids is 2. The molecule has 2 rings (SSSR count). The second kappa shape index (κ2) is 5.85. The first-order valence-corrected chi connectivity index (χ1v) is 7.47. The van der Waals surface area contributed by atoms with Crippen LogP contribution in [0.3, 0.4) is 0 Å². The lowest BCUT2D eigenvalue weighted by molar-refractivity contribution is -0.134. The van der Waals surface area contributed by atoms with Crippen LogP contribution in [-0.4, -0.2) is 34.6 Å². The first-order valence-electron chi connectivity index (χ1n) is 6.71. The van der Waals surface area contributed by atoms with E-state index in [4.69, 9.17) is 23.2 Å². The molecule has 2 amide bonds. The molecular weight excluding hydrogens is 311 g/mol. The number of halogens is 2. The minimum absolute atomic E-state index is 0.0209. The number of hydrogen-bond acceptors (Lipinski definition) is 2. The number of para-hydroxylation sites is 1. The molecule has 1 saturated carbocycles. The van der Waals surface area contributed by atoms with Crippen molar-refractivity contribution in [2.75, 3.05) is 18.9 Å². The highest BCUT2D eigenvalue weighted by Gasteiger charge is 2.57. The Morgan fingerprint density at radius 1 is 1.33 bits per heavy atom. The largest absolute Gasteiger partial charge is 0.336 e. The molecule has 1 atom stereocenters. The normalized spacial score (nSPS) is 19.0. The van der Waals surface area contributed by atoms with Gasteiger partial charge in [-0.1, -0.05) is 18.2 Å². The van der Waals surface area contributed by atoms with Crippen molar-refractivity contribution in [3.63, 3.8) is 0 Å². The summed E-state index contributed by atoms with van der Waals surface area (Å²) in [4.78, 5) is 25.4. The van der Waals surface area contributed by atoms with Crippen molar-refractivity contribution >= 4 is 40.7 Å². The number of carbonyl (C=O) groups is 2. The van der Waals surface area contributed by atoms with Gasteiger partial charge in [-0.3, -0.25) is 9.59 Å². The molecule has 1 N–H and O–H groups in total. The van der Waals surface area contributed by atoms with E-state index in [2.05, 4.69) is 5.32 Å². The number of anilines is 1. The van der Waals surface area contributed by atoms with Crippen molar-refractivity contribution < 1.29 is 9.59 Å². The zero-order chi connectivity index (χ0) is 15.8. The Bertz CT molecular complexity index is 567. The molecule has 1 aromatic rings. The molecule has 1 aliphatic rings. The van der Waals surface area contributed by atoms with E-state index in [0.29, 0.717) is 6.42 Å². The number of nitrogens with one attached hydrogen (secondary N) is 1. The summed E-state index contributed by atoms with van der Waals surface area (Å²) in [5.74, 6) is -0.839. The van der Waals surface area contributed by atoms with Crippen LogP contribution in [0.4, 0.5) is 5.69 Å². The van der Waals surface area contributed by atoms with Crippen LogP contribution in [0.5, 0.6) is 0 Å². The molecule has 6 heteroatoms. The van der Waals surface area contributed by atoms with Crippen LogP contribution >= 0.6 is 23.2 Å². The van der Waals surface area contributed by atoms with E-state index in [0.717, 1.165) is 16.8 Å². The molecular formula is C15H18Cl2N2O2. The van der Waals surface area contributed by atoms with Gasteiger partial charge < -0.3 is 10.2 Å². The zero-order valence-electron chi connectivity index (χ0n) is 12.2. The maximum atomic E-state index is 12.1. The van der Waals surface area contributed by atoms with E-state index in [1.165, 1.54) is 4.90 Å². The van der Waals surface area contributed by atoms with Gasteiger partial charge in [-0.25, -0.2) is 0 Å². The van der Waals surface area contributed by atoms with Crippen molar-refractivity contribution in [3.8, 4) is 0 Å². The van der Waals surface area contributed by atoms with Gasteiger partial charge in [-0.2, -0.15) is 0 Å². The fraction of sp³-hybridized carbons (Fsp3) is 0.467. The van der Waals surface area contributed by atoms with E-state index < -0.39 is 10.3 Å². The van der Waals surface area contributed by atoms with Crippen molar-refractivity contribution in [3.05, 3.63) is 29.3 Å². The van der Waals surface area contributed by atoms with Crippen LogP contribution in [-0.2, 0) is 9.59 Å². The number of benzene rings is 1. The molecule has 0 aromatic heterocycles. The molecule has 0 aliphatic heterocycles. The zero-order valence-corrected chi connectivity index (χ0v) is 13.8. The number of likely N-dealkylation sites (N-methyl/N-ethyl adjacent to an activating group) is 1. The molecule has 0 bridgehead atoms. The van der Waals surface area contributed by atoms with Gasteiger partial charge in [0.25, 0.3) is 0 Å². The first kappa shape index (κ1) is 16.1. The minimum atomic E-state index is -0.964. The van der Waals surface area contributed by atoms with E-state index in [9.17, 15) is 9.59 Å². The second-order valence-electron chi connectivity index (χ2n) is 5.53. The summed E-state index contributed by atoms with van der Waals surface area (Å²) in [5, 5.41) is 2.85. The standard InChI is InChI=1S/C15H18Cl2N2O2/c1-9-5-4-6-10(2)13(9)18-12(20)8-19(3)14(21)11-7-15(11,16)17/h4-6,11H,7-8H2,1-3H3,(H,18,20). The Labute approximate surface area is 134 Å². The summed E-state index contributed by atoms with van der Waals surface area (Å²) in [7, 11) is 1.58. The highest BCUT2D eigenvalue weighted by Crippen LogP contribution is 2.53. The fourth-order valence-corrected chi connectivity index (χ4v) is 2.73. The van der Waals surface area contributed by atoms with Gasteiger partial charge in [0.15, 0.2) is 0 Å². The highest BCUT2D eigenvalue weighted by atomic mass is 35.5. The van der Waals surface area contributed by atoms with Gasteiger partial charge in [-0.15, -0.1) is 23.2 Å².